The number of amides is 1. The van der Waals surface area contributed by atoms with E-state index in [0.717, 1.165) is 11.1 Å². The number of nitrogens with one attached hydrogen (secondary N) is 2. The van der Waals surface area contributed by atoms with Crippen LogP contribution < -0.4 is 10.6 Å². The first-order valence-electron chi connectivity index (χ1n) is 7.89. The fourth-order valence-corrected chi connectivity index (χ4v) is 2.40. The third-order valence-electron chi connectivity index (χ3n) is 3.49. The first kappa shape index (κ1) is 16.6. The third-order valence-corrected chi connectivity index (χ3v) is 3.49. The highest BCUT2D eigenvalue weighted by Gasteiger charge is 2.11. The maximum Gasteiger partial charge on any atom is 0.270 e. The summed E-state index contributed by atoms with van der Waals surface area (Å²) in [5.41, 5.74) is 2.48. The van der Waals surface area contributed by atoms with Crippen LogP contribution in [0.1, 0.15) is 33.2 Å². The Morgan fingerprint density at radius 2 is 1.92 bits per heavy atom. The van der Waals surface area contributed by atoms with Crippen LogP contribution in [0, 0.1) is 20.8 Å². The van der Waals surface area contributed by atoms with Crippen LogP contribution in [-0.4, -0.2) is 21.0 Å². The monoisotopic (exact) mass is 337 g/mol. The van der Waals surface area contributed by atoms with E-state index < -0.39 is 0 Å². The first-order valence-corrected chi connectivity index (χ1v) is 7.89. The summed E-state index contributed by atoms with van der Waals surface area (Å²) in [6.45, 7) is 5.99. The van der Waals surface area contributed by atoms with E-state index in [2.05, 4.69) is 25.8 Å². The van der Waals surface area contributed by atoms with Gasteiger partial charge in [-0.3, -0.25) is 4.79 Å². The normalized spacial score (nSPS) is 10.5. The van der Waals surface area contributed by atoms with Crippen LogP contribution >= 0.6 is 0 Å². The Morgan fingerprint density at radius 1 is 1.08 bits per heavy atom. The van der Waals surface area contributed by atoms with Crippen LogP contribution in [0.5, 0.6) is 0 Å². The van der Waals surface area contributed by atoms with Gasteiger partial charge < -0.3 is 15.2 Å². The van der Waals surface area contributed by atoms with Gasteiger partial charge in [0.15, 0.2) is 5.82 Å². The average molecular weight is 337 g/mol. The minimum absolute atomic E-state index is 0.258. The van der Waals surface area contributed by atoms with Crippen LogP contribution in [0.2, 0.25) is 0 Å². The highest BCUT2D eigenvalue weighted by Crippen LogP contribution is 2.15. The van der Waals surface area contributed by atoms with E-state index >= 15 is 0 Å². The molecule has 25 heavy (non-hydrogen) atoms. The van der Waals surface area contributed by atoms with Crippen molar-refractivity contribution >= 4 is 17.5 Å². The molecule has 2 N–H and O–H groups in total. The third kappa shape index (κ3) is 4.41. The van der Waals surface area contributed by atoms with E-state index in [9.17, 15) is 4.79 Å². The minimum Gasteiger partial charge on any atom is -0.360 e. The Balaban J connectivity index is 1.71. The topological polar surface area (TPSA) is 92.9 Å². The summed E-state index contributed by atoms with van der Waals surface area (Å²) in [4.78, 5) is 20.9. The molecule has 0 aliphatic rings. The fraction of sp³-hybridized carbons (Fsp3) is 0.222. The van der Waals surface area contributed by atoms with E-state index in [1.165, 1.54) is 0 Å². The minimum atomic E-state index is -0.258. The van der Waals surface area contributed by atoms with Crippen molar-refractivity contribution in [1.82, 2.24) is 20.4 Å². The van der Waals surface area contributed by atoms with Gasteiger partial charge in [-0.15, -0.1) is 0 Å². The van der Waals surface area contributed by atoms with Crippen LogP contribution in [0.25, 0.3) is 0 Å². The summed E-state index contributed by atoms with van der Waals surface area (Å²) in [5.74, 6) is 1.94. The highest BCUT2D eigenvalue weighted by atomic mass is 16.5. The van der Waals surface area contributed by atoms with Gasteiger partial charge in [0.2, 0.25) is 0 Å². The molecule has 2 aromatic heterocycles. The zero-order valence-electron chi connectivity index (χ0n) is 14.3. The molecule has 0 atom stereocenters. The smallest absolute Gasteiger partial charge is 0.270 e. The largest absolute Gasteiger partial charge is 0.360 e. The molecule has 0 saturated heterocycles. The van der Waals surface area contributed by atoms with Gasteiger partial charge in [0.1, 0.15) is 23.1 Å². The summed E-state index contributed by atoms with van der Waals surface area (Å²) < 4.78 is 5.01. The van der Waals surface area contributed by atoms with Crippen molar-refractivity contribution in [1.29, 1.82) is 0 Å². The number of carbonyl (C=O) groups is 1. The van der Waals surface area contributed by atoms with E-state index in [4.69, 9.17) is 4.52 Å². The zero-order chi connectivity index (χ0) is 17.8. The van der Waals surface area contributed by atoms with E-state index in [1.54, 1.807) is 26.0 Å². The standard InChI is InChI=1S/C18H19N5O2/c1-11-5-4-6-14(7-11)10-19-18(24)15-9-16(21-13(3)20-15)22-17-8-12(2)25-23-17/h4-9H,10H2,1-3H3,(H,19,24)(H,20,21,22,23). The molecular weight excluding hydrogens is 318 g/mol. The molecule has 0 bridgehead atoms. The summed E-state index contributed by atoms with van der Waals surface area (Å²) in [5, 5.41) is 9.73. The number of rotatable bonds is 5. The van der Waals surface area contributed by atoms with E-state index in [0.29, 0.717) is 35.5 Å². The second kappa shape index (κ2) is 7.12. The maximum absolute atomic E-state index is 12.4. The molecule has 2 heterocycles. The van der Waals surface area contributed by atoms with Crippen LogP contribution in [-0.2, 0) is 6.54 Å². The predicted molar refractivity (Wildman–Crippen MR) is 93.6 cm³/mol. The van der Waals surface area contributed by atoms with Gasteiger partial charge in [-0.25, -0.2) is 9.97 Å². The lowest BCUT2D eigenvalue weighted by atomic mass is 10.1. The molecule has 1 aromatic carbocycles. The van der Waals surface area contributed by atoms with Crippen molar-refractivity contribution in [3.63, 3.8) is 0 Å². The van der Waals surface area contributed by atoms with Gasteiger partial charge in [-0.2, -0.15) is 0 Å². The summed E-state index contributed by atoms with van der Waals surface area (Å²) in [6.07, 6.45) is 0. The molecule has 3 rings (SSSR count). The number of aryl methyl sites for hydroxylation is 3. The van der Waals surface area contributed by atoms with Gasteiger partial charge in [0, 0.05) is 18.7 Å². The second-order valence-electron chi connectivity index (χ2n) is 5.81. The highest BCUT2D eigenvalue weighted by molar-refractivity contribution is 5.93. The number of nitrogens with zero attached hydrogens (tertiary/aromatic N) is 3. The number of anilines is 2. The van der Waals surface area contributed by atoms with Crippen molar-refractivity contribution in [2.45, 2.75) is 27.3 Å². The lowest BCUT2D eigenvalue weighted by molar-refractivity contribution is 0.0945. The number of hydrogen-bond donors (Lipinski definition) is 2. The Labute approximate surface area is 145 Å². The Kier molecular flexibility index (Phi) is 4.74. The molecular formula is C18H19N5O2. The quantitative estimate of drug-likeness (QED) is 0.743. The lowest BCUT2D eigenvalue weighted by Crippen LogP contribution is -2.24. The van der Waals surface area contributed by atoms with E-state index in [1.807, 2.05) is 31.2 Å². The molecule has 7 nitrogen and oxygen atoms in total. The van der Waals surface area contributed by atoms with Gasteiger partial charge in [-0.05, 0) is 26.3 Å². The van der Waals surface area contributed by atoms with E-state index in [-0.39, 0.29) is 5.91 Å². The van der Waals surface area contributed by atoms with Gasteiger partial charge in [0.05, 0.1) is 0 Å². The zero-order valence-corrected chi connectivity index (χ0v) is 14.3. The van der Waals surface area contributed by atoms with Crippen LogP contribution in [0.4, 0.5) is 11.6 Å². The number of benzene rings is 1. The van der Waals surface area contributed by atoms with Crippen LogP contribution in [0.15, 0.2) is 40.9 Å². The summed E-state index contributed by atoms with van der Waals surface area (Å²) in [7, 11) is 0. The Bertz CT molecular complexity index is 904. The molecule has 0 aliphatic carbocycles. The van der Waals surface area contributed by atoms with Crippen molar-refractivity contribution < 1.29 is 9.32 Å². The molecule has 128 valence electrons. The average Bonchev–Trinajstić information content (AvgIpc) is 2.97. The van der Waals surface area contributed by atoms with Gasteiger partial charge >= 0.3 is 0 Å². The number of carbonyl (C=O) groups excluding carboxylic acids is 1. The molecule has 0 saturated carbocycles. The molecule has 0 unspecified atom stereocenters. The molecule has 0 spiro atoms. The van der Waals surface area contributed by atoms with Crippen molar-refractivity contribution in [3.8, 4) is 0 Å². The molecule has 0 aliphatic heterocycles. The predicted octanol–water partition coefficient (Wildman–Crippen LogP) is 3.06. The molecule has 3 aromatic rings. The van der Waals surface area contributed by atoms with Crippen molar-refractivity contribution in [2.24, 2.45) is 0 Å². The molecule has 0 radical (unpaired) electrons. The molecule has 1 amide bonds. The van der Waals surface area contributed by atoms with Crippen molar-refractivity contribution in [3.05, 3.63) is 64.8 Å². The second-order valence-corrected chi connectivity index (χ2v) is 5.81. The number of aromatic nitrogens is 3. The maximum atomic E-state index is 12.4. The Morgan fingerprint density at radius 3 is 2.64 bits per heavy atom. The first-order chi connectivity index (χ1) is 12.0. The molecule has 7 heteroatoms. The summed E-state index contributed by atoms with van der Waals surface area (Å²) >= 11 is 0. The van der Waals surface area contributed by atoms with Crippen molar-refractivity contribution in [2.75, 3.05) is 5.32 Å². The fourth-order valence-electron chi connectivity index (χ4n) is 2.40. The van der Waals surface area contributed by atoms with Gasteiger partial charge in [0.25, 0.3) is 5.91 Å². The SMILES string of the molecule is Cc1cccc(CNC(=O)c2cc(Nc3cc(C)on3)nc(C)n2)c1. The lowest BCUT2D eigenvalue weighted by Gasteiger charge is -2.08. The Hall–Kier alpha value is -3.22. The van der Waals surface area contributed by atoms with Gasteiger partial charge in [-0.1, -0.05) is 35.0 Å². The summed E-state index contributed by atoms with van der Waals surface area (Å²) in [6, 6.07) is 11.3. The molecule has 0 fully saturated rings. The van der Waals surface area contributed by atoms with Crippen LogP contribution in [0.3, 0.4) is 0 Å². The number of hydrogen-bond acceptors (Lipinski definition) is 6.